The van der Waals surface area contributed by atoms with E-state index in [1.54, 1.807) is 31.4 Å². The fraction of sp³-hybridized carbons (Fsp3) is 0.143. The minimum Gasteiger partial charge on any atom is -0.493 e. The van der Waals surface area contributed by atoms with Crippen molar-refractivity contribution in [1.29, 1.82) is 0 Å². The van der Waals surface area contributed by atoms with Crippen LogP contribution in [0.3, 0.4) is 0 Å². The van der Waals surface area contributed by atoms with Crippen molar-refractivity contribution in [1.82, 2.24) is 9.97 Å². The van der Waals surface area contributed by atoms with Crippen molar-refractivity contribution < 1.29 is 9.47 Å². The predicted molar refractivity (Wildman–Crippen MR) is 104 cm³/mol. The number of rotatable bonds is 7. The summed E-state index contributed by atoms with van der Waals surface area (Å²) in [7, 11) is 1.58. The van der Waals surface area contributed by atoms with Crippen molar-refractivity contribution in [2.45, 2.75) is 6.42 Å². The van der Waals surface area contributed by atoms with Gasteiger partial charge in [0.05, 0.1) is 18.0 Å². The summed E-state index contributed by atoms with van der Waals surface area (Å²) in [5, 5.41) is 0.556. The number of hydrogen-bond donors (Lipinski definition) is 1. The number of methoxy groups -OCH3 is 1. The van der Waals surface area contributed by atoms with E-state index in [-0.39, 0.29) is 5.56 Å². The smallest absolute Gasteiger partial charge is 0.259 e. The molecule has 26 heavy (non-hydrogen) atoms. The van der Waals surface area contributed by atoms with Crippen molar-refractivity contribution in [3.8, 4) is 22.9 Å². The van der Waals surface area contributed by atoms with Gasteiger partial charge in [0.15, 0.2) is 11.5 Å². The van der Waals surface area contributed by atoms with Gasteiger partial charge in [-0.3, -0.25) is 4.79 Å². The Kier molecular flexibility index (Phi) is 5.17. The van der Waals surface area contributed by atoms with E-state index < -0.39 is 0 Å². The second-order valence-electron chi connectivity index (χ2n) is 5.69. The number of para-hydroxylation sites is 1. The maximum absolute atomic E-state index is 12.4. The highest BCUT2D eigenvalue weighted by Crippen LogP contribution is 2.36. The average molecular weight is 348 g/mol. The molecule has 1 N–H and O–H groups in total. The molecule has 0 amide bonds. The summed E-state index contributed by atoms with van der Waals surface area (Å²) < 4.78 is 11.3. The number of fused-ring (bicyclic) bond motifs is 1. The van der Waals surface area contributed by atoms with Crippen molar-refractivity contribution in [3.05, 3.63) is 77.6 Å². The van der Waals surface area contributed by atoms with Crippen LogP contribution < -0.4 is 15.0 Å². The number of ether oxygens (including phenoxy) is 2. The zero-order chi connectivity index (χ0) is 18.5. The number of H-pyrrole nitrogens is 1. The van der Waals surface area contributed by atoms with Gasteiger partial charge < -0.3 is 14.5 Å². The minimum absolute atomic E-state index is 0.179. The van der Waals surface area contributed by atoms with Crippen LogP contribution in [0.15, 0.2) is 66.5 Å². The second kappa shape index (κ2) is 7.70. The summed E-state index contributed by atoms with van der Waals surface area (Å²) in [4.78, 5) is 19.8. The highest BCUT2D eigenvalue weighted by atomic mass is 16.5. The zero-order valence-electron chi connectivity index (χ0n) is 14.6. The van der Waals surface area contributed by atoms with Gasteiger partial charge in [-0.25, -0.2) is 4.98 Å². The highest BCUT2D eigenvalue weighted by Gasteiger charge is 2.15. The number of nitrogens with zero attached hydrogens (tertiary/aromatic N) is 1. The molecule has 5 nitrogen and oxygen atoms in total. The molecule has 0 aliphatic heterocycles. The largest absolute Gasteiger partial charge is 0.493 e. The molecule has 0 aliphatic rings. The fourth-order valence-electron chi connectivity index (χ4n) is 2.78. The summed E-state index contributed by atoms with van der Waals surface area (Å²) in [6.07, 6.45) is 4.05. The molecular weight excluding hydrogens is 328 g/mol. The molecule has 1 aromatic heterocycles. The van der Waals surface area contributed by atoms with Gasteiger partial charge in [-0.15, -0.1) is 6.58 Å². The Balaban J connectivity index is 2.18. The third-order valence-corrected chi connectivity index (χ3v) is 3.95. The van der Waals surface area contributed by atoms with Crippen LogP contribution in [-0.2, 0) is 6.42 Å². The van der Waals surface area contributed by atoms with E-state index in [2.05, 4.69) is 23.1 Å². The molecule has 3 aromatic rings. The van der Waals surface area contributed by atoms with Gasteiger partial charge >= 0.3 is 0 Å². The molecular formula is C21H20N2O3. The third-order valence-electron chi connectivity index (χ3n) is 3.95. The number of benzene rings is 2. The molecule has 1 heterocycles. The predicted octanol–water partition coefficient (Wildman–Crippen LogP) is 3.89. The number of allylic oxidation sites excluding steroid dienone is 1. The molecule has 0 saturated carbocycles. The van der Waals surface area contributed by atoms with Gasteiger partial charge in [0.2, 0.25) is 0 Å². The molecule has 5 heteroatoms. The van der Waals surface area contributed by atoms with Crippen LogP contribution in [0.1, 0.15) is 5.56 Å². The molecule has 0 saturated heterocycles. The summed E-state index contributed by atoms with van der Waals surface area (Å²) in [5.74, 6) is 1.68. The Bertz CT molecular complexity index is 1020. The van der Waals surface area contributed by atoms with Crippen LogP contribution in [0.5, 0.6) is 11.5 Å². The summed E-state index contributed by atoms with van der Waals surface area (Å²) in [6.45, 7) is 7.84. The van der Waals surface area contributed by atoms with E-state index in [0.717, 1.165) is 11.1 Å². The van der Waals surface area contributed by atoms with Crippen molar-refractivity contribution >= 4 is 10.9 Å². The molecule has 0 fully saturated rings. The lowest BCUT2D eigenvalue weighted by atomic mass is 10.0. The van der Waals surface area contributed by atoms with Gasteiger partial charge in [-0.1, -0.05) is 30.9 Å². The first kappa shape index (κ1) is 17.5. The van der Waals surface area contributed by atoms with Crippen LogP contribution in [0.25, 0.3) is 22.3 Å². The normalized spacial score (nSPS) is 10.5. The van der Waals surface area contributed by atoms with Crippen LogP contribution in [0.2, 0.25) is 0 Å². The number of aromatic amines is 1. The molecule has 132 valence electrons. The Labute approximate surface area is 151 Å². The summed E-state index contributed by atoms with van der Waals surface area (Å²) >= 11 is 0. The molecule has 0 radical (unpaired) electrons. The lowest BCUT2D eigenvalue weighted by Crippen LogP contribution is -2.10. The first-order chi connectivity index (χ1) is 12.7. The first-order valence-corrected chi connectivity index (χ1v) is 8.23. The van der Waals surface area contributed by atoms with E-state index in [1.165, 1.54) is 0 Å². The maximum atomic E-state index is 12.4. The van der Waals surface area contributed by atoms with Gasteiger partial charge in [0.1, 0.15) is 12.4 Å². The lowest BCUT2D eigenvalue weighted by molar-refractivity contribution is 0.324. The Morgan fingerprint density at radius 1 is 1.19 bits per heavy atom. The van der Waals surface area contributed by atoms with E-state index in [0.29, 0.717) is 41.3 Å². The SMILES string of the molecule is C=CCOc1c(CC=C)cc(-c2nc3ccccc3c(=O)[nH]2)cc1OC. The van der Waals surface area contributed by atoms with Crippen LogP contribution in [-0.4, -0.2) is 23.7 Å². The van der Waals surface area contributed by atoms with Gasteiger partial charge in [0.25, 0.3) is 5.56 Å². The van der Waals surface area contributed by atoms with Crippen molar-refractivity contribution in [2.24, 2.45) is 0 Å². The Hall–Kier alpha value is -3.34. The highest BCUT2D eigenvalue weighted by molar-refractivity contribution is 5.79. The molecule has 0 atom stereocenters. The van der Waals surface area contributed by atoms with Gasteiger partial charge in [-0.2, -0.15) is 0 Å². The summed E-state index contributed by atoms with van der Waals surface area (Å²) in [5.41, 5.74) is 2.10. The fourth-order valence-corrected chi connectivity index (χ4v) is 2.78. The van der Waals surface area contributed by atoms with Gasteiger partial charge in [-0.05, 0) is 30.7 Å². The minimum atomic E-state index is -0.179. The topological polar surface area (TPSA) is 64.2 Å². The standard InChI is InChI=1S/C21H20N2O3/c1-4-8-14-12-15(13-18(25-3)19(14)26-11-5-2)20-22-17-10-7-6-9-16(17)21(24)23-20/h4-7,9-10,12-13H,1-2,8,11H2,3H3,(H,22,23,24). The quantitative estimate of drug-likeness (QED) is 0.658. The number of aromatic nitrogens is 2. The average Bonchev–Trinajstić information content (AvgIpc) is 2.66. The second-order valence-corrected chi connectivity index (χ2v) is 5.69. The van der Waals surface area contributed by atoms with E-state index in [1.807, 2.05) is 24.3 Å². The number of nitrogens with one attached hydrogen (secondary N) is 1. The number of hydrogen-bond acceptors (Lipinski definition) is 4. The van der Waals surface area contributed by atoms with Crippen molar-refractivity contribution in [2.75, 3.05) is 13.7 Å². The Morgan fingerprint density at radius 3 is 2.73 bits per heavy atom. The maximum Gasteiger partial charge on any atom is 0.259 e. The molecule has 0 unspecified atom stereocenters. The van der Waals surface area contributed by atoms with E-state index in [4.69, 9.17) is 9.47 Å². The zero-order valence-corrected chi connectivity index (χ0v) is 14.6. The monoisotopic (exact) mass is 348 g/mol. The molecule has 0 spiro atoms. The summed E-state index contributed by atoms with van der Waals surface area (Å²) in [6, 6.07) is 11.0. The van der Waals surface area contributed by atoms with Crippen LogP contribution >= 0.6 is 0 Å². The van der Waals surface area contributed by atoms with E-state index in [9.17, 15) is 4.79 Å². The van der Waals surface area contributed by atoms with E-state index >= 15 is 0 Å². The lowest BCUT2D eigenvalue weighted by Gasteiger charge is -2.15. The van der Waals surface area contributed by atoms with Gasteiger partial charge in [0, 0.05) is 11.1 Å². The Morgan fingerprint density at radius 2 is 2.00 bits per heavy atom. The first-order valence-electron chi connectivity index (χ1n) is 8.23. The molecule has 2 aromatic carbocycles. The van der Waals surface area contributed by atoms with Crippen molar-refractivity contribution in [3.63, 3.8) is 0 Å². The third kappa shape index (κ3) is 3.37. The molecule has 0 aliphatic carbocycles. The molecule has 3 rings (SSSR count). The van der Waals surface area contributed by atoms with Crippen LogP contribution in [0.4, 0.5) is 0 Å². The van der Waals surface area contributed by atoms with Crippen LogP contribution in [0, 0.1) is 0 Å². The molecule has 0 bridgehead atoms.